The first-order chi connectivity index (χ1) is 18.2. The minimum Gasteiger partial charge on any atom is -0.489 e. The van der Waals surface area contributed by atoms with E-state index >= 15 is 0 Å². The van der Waals surface area contributed by atoms with Gasteiger partial charge in [0.2, 0.25) is 0 Å². The Bertz CT molecular complexity index is 1330. The number of aryl methyl sites for hydroxylation is 1. The highest BCUT2D eigenvalue weighted by Crippen LogP contribution is 2.47. The number of piperidine rings is 1. The van der Waals surface area contributed by atoms with Gasteiger partial charge in [-0.15, -0.1) is 0 Å². The van der Waals surface area contributed by atoms with Crippen molar-refractivity contribution in [2.45, 2.75) is 44.1 Å². The third-order valence-corrected chi connectivity index (χ3v) is 8.14. The summed E-state index contributed by atoms with van der Waals surface area (Å²) in [5.41, 5.74) is 9.59. The van der Waals surface area contributed by atoms with Gasteiger partial charge in [-0.25, -0.2) is 0 Å². The molecule has 1 saturated heterocycles. The predicted molar refractivity (Wildman–Crippen MR) is 154 cm³/mol. The van der Waals surface area contributed by atoms with Crippen LogP contribution in [0.25, 0.3) is 0 Å². The Balaban J connectivity index is 1.29. The summed E-state index contributed by atoms with van der Waals surface area (Å²) in [5.74, 6) is 1.76. The fourth-order valence-corrected chi connectivity index (χ4v) is 6.07. The van der Waals surface area contributed by atoms with Gasteiger partial charge in [0.15, 0.2) is 0 Å². The van der Waals surface area contributed by atoms with Gasteiger partial charge in [0.1, 0.15) is 12.4 Å². The van der Waals surface area contributed by atoms with Crippen LogP contribution in [-0.2, 0) is 13.0 Å². The largest absolute Gasteiger partial charge is 0.489 e. The van der Waals surface area contributed by atoms with Crippen LogP contribution in [0.2, 0.25) is 0 Å². The number of nitrogens with zero attached hydrogens (tertiary/aromatic N) is 1. The summed E-state index contributed by atoms with van der Waals surface area (Å²) in [7, 11) is 0. The van der Waals surface area contributed by atoms with Gasteiger partial charge in [-0.3, -0.25) is 0 Å². The minimum atomic E-state index is 0.338. The second-order valence-corrected chi connectivity index (χ2v) is 10.5. The normalized spacial score (nSPS) is 19.4. The number of benzene rings is 4. The molecule has 1 aliphatic carbocycles. The van der Waals surface area contributed by atoms with E-state index in [1.165, 1.54) is 39.1 Å². The fraction of sp³-hybridized carbons (Fsp3) is 0.257. The van der Waals surface area contributed by atoms with Crippen LogP contribution in [-0.4, -0.2) is 13.1 Å². The van der Waals surface area contributed by atoms with E-state index in [1.54, 1.807) is 0 Å². The molecule has 4 aromatic carbocycles. The first kappa shape index (κ1) is 23.6. The summed E-state index contributed by atoms with van der Waals surface area (Å²) in [6, 6.07) is 37.6. The van der Waals surface area contributed by atoms with Gasteiger partial charge in [0.05, 0.1) is 0 Å². The van der Waals surface area contributed by atoms with Gasteiger partial charge in [0.25, 0.3) is 0 Å². The Morgan fingerprint density at radius 1 is 0.730 bits per heavy atom. The van der Waals surface area contributed by atoms with Gasteiger partial charge in [0, 0.05) is 24.7 Å². The second-order valence-electron chi connectivity index (χ2n) is 10.5. The van der Waals surface area contributed by atoms with Crippen molar-refractivity contribution in [1.82, 2.24) is 0 Å². The molecule has 0 aromatic heterocycles. The summed E-state index contributed by atoms with van der Waals surface area (Å²) in [6.07, 6.45) is 4.41. The molecule has 1 heterocycles. The molecule has 2 heteroatoms. The maximum absolute atomic E-state index is 6.19. The lowest BCUT2D eigenvalue weighted by molar-refractivity contribution is 0.305. The molecule has 2 aliphatic rings. The third-order valence-electron chi connectivity index (χ3n) is 8.14. The molecule has 0 spiro atoms. The number of rotatable bonds is 6. The van der Waals surface area contributed by atoms with Crippen molar-refractivity contribution in [3.63, 3.8) is 0 Å². The molecule has 6 rings (SSSR count). The SMILES string of the molecule is C=C1CCN(c2ccc([C@@H]3c4ccc(OCc5ccccc5)cc4CCC3c3ccccc3)cc2)CC1. The van der Waals surface area contributed by atoms with Crippen molar-refractivity contribution >= 4 is 5.69 Å². The summed E-state index contributed by atoms with van der Waals surface area (Å²) in [6.45, 7) is 6.92. The molecule has 0 saturated carbocycles. The van der Waals surface area contributed by atoms with E-state index in [-0.39, 0.29) is 0 Å². The molecule has 1 unspecified atom stereocenters. The molecular formula is C35H35NO. The highest BCUT2D eigenvalue weighted by molar-refractivity contribution is 5.53. The average Bonchev–Trinajstić information content (AvgIpc) is 2.97. The van der Waals surface area contributed by atoms with Crippen molar-refractivity contribution in [1.29, 1.82) is 0 Å². The Labute approximate surface area is 221 Å². The van der Waals surface area contributed by atoms with Crippen LogP contribution < -0.4 is 9.64 Å². The van der Waals surface area contributed by atoms with Crippen molar-refractivity contribution < 1.29 is 4.74 Å². The van der Waals surface area contributed by atoms with Gasteiger partial charge in [-0.1, -0.05) is 91.0 Å². The topological polar surface area (TPSA) is 12.5 Å². The van der Waals surface area contributed by atoms with Crippen LogP contribution in [0.5, 0.6) is 5.75 Å². The highest BCUT2D eigenvalue weighted by atomic mass is 16.5. The molecule has 2 atom stereocenters. The molecule has 2 nitrogen and oxygen atoms in total. The number of fused-ring (bicyclic) bond motifs is 1. The van der Waals surface area contributed by atoms with E-state index in [0.29, 0.717) is 18.4 Å². The molecule has 0 radical (unpaired) electrons. The molecule has 4 aromatic rings. The minimum absolute atomic E-state index is 0.338. The number of anilines is 1. The van der Waals surface area contributed by atoms with E-state index in [0.717, 1.165) is 44.5 Å². The van der Waals surface area contributed by atoms with Crippen LogP contribution in [0.15, 0.2) is 115 Å². The lowest BCUT2D eigenvalue weighted by atomic mass is 9.69. The number of hydrogen-bond acceptors (Lipinski definition) is 2. The summed E-state index contributed by atoms with van der Waals surface area (Å²) >= 11 is 0. The van der Waals surface area contributed by atoms with Crippen molar-refractivity contribution in [3.05, 3.63) is 143 Å². The van der Waals surface area contributed by atoms with E-state index in [9.17, 15) is 0 Å². The quantitative estimate of drug-likeness (QED) is 0.255. The average molecular weight is 486 g/mol. The molecule has 186 valence electrons. The van der Waals surface area contributed by atoms with E-state index < -0.39 is 0 Å². The van der Waals surface area contributed by atoms with Gasteiger partial charge >= 0.3 is 0 Å². The first-order valence-corrected chi connectivity index (χ1v) is 13.6. The maximum Gasteiger partial charge on any atom is 0.120 e. The van der Waals surface area contributed by atoms with Crippen LogP contribution in [0.3, 0.4) is 0 Å². The molecular weight excluding hydrogens is 450 g/mol. The fourth-order valence-electron chi connectivity index (χ4n) is 6.07. The third kappa shape index (κ3) is 5.20. The zero-order valence-corrected chi connectivity index (χ0v) is 21.5. The van der Waals surface area contributed by atoms with Crippen molar-refractivity contribution in [3.8, 4) is 5.75 Å². The summed E-state index contributed by atoms with van der Waals surface area (Å²) in [5, 5.41) is 0. The molecule has 0 bridgehead atoms. The van der Waals surface area contributed by atoms with Crippen LogP contribution >= 0.6 is 0 Å². The second kappa shape index (κ2) is 10.7. The van der Waals surface area contributed by atoms with E-state index in [4.69, 9.17) is 4.74 Å². The zero-order valence-electron chi connectivity index (χ0n) is 21.5. The smallest absolute Gasteiger partial charge is 0.120 e. The zero-order chi connectivity index (χ0) is 25.0. The Morgan fingerprint density at radius 2 is 1.43 bits per heavy atom. The molecule has 0 amide bonds. The van der Waals surface area contributed by atoms with Crippen LogP contribution in [0.1, 0.15) is 58.9 Å². The number of ether oxygens (including phenoxy) is 1. The lowest BCUT2D eigenvalue weighted by Gasteiger charge is -2.35. The Kier molecular flexibility index (Phi) is 6.82. The lowest BCUT2D eigenvalue weighted by Crippen LogP contribution is -2.30. The molecule has 37 heavy (non-hydrogen) atoms. The van der Waals surface area contributed by atoms with Crippen LogP contribution in [0, 0.1) is 0 Å². The molecule has 1 fully saturated rings. The number of hydrogen-bond donors (Lipinski definition) is 0. The van der Waals surface area contributed by atoms with Gasteiger partial charge in [-0.05, 0) is 83.7 Å². The van der Waals surface area contributed by atoms with Crippen molar-refractivity contribution in [2.24, 2.45) is 0 Å². The van der Waals surface area contributed by atoms with E-state index in [1.807, 2.05) is 6.07 Å². The molecule has 1 aliphatic heterocycles. The Hall–Kier alpha value is -3.78. The van der Waals surface area contributed by atoms with Crippen molar-refractivity contribution in [2.75, 3.05) is 18.0 Å². The van der Waals surface area contributed by atoms with Crippen LogP contribution in [0.4, 0.5) is 5.69 Å². The standard InChI is InChI=1S/C35H35NO/c1-26-20-22-36(23-21-26)31-15-12-29(13-16-31)35-33(28-10-6-3-7-11-28)18-14-30-24-32(17-19-34(30)35)37-25-27-8-4-2-5-9-27/h2-13,15-17,19,24,33,35H,1,14,18,20-23,25H2/t33?,35-/m0/s1. The Morgan fingerprint density at radius 3 is 2.16 bits per heavy atom. The van der Waals surface area contributed by atoms with E-state index in [2.05, 4.69) is 109 Å². The first-order valence-electron chi connectivity index (χ1n) is 13.6. The summed E-state index contributed by atoms with van der Waals surface area (Å²) in [4.78, 5) is 2.50. The molecule has 0 N–H and O–H groups in total. The summed E-state index contributed by atoms with van der Waals surface area (Å²) < 4.78 is 6.19. The maximum atomic E-state index is 6.19. The van der Waals surface area contributed by atoms with Gasteiger partial charge in [-0.2, -0.15) is 0 Å². The highest BCUT2D eigenvalue weighted by Gasteiger charge is 2.32. The van der Waals surface area contributed by atoms with Gasteiger partial charge < -0.3 is 9.64 Å². The predicted octanol–water partition coefficient (Wildman–Crippen LogP) is 8.28. The monoisotopic (exact) mass is 485 g/mol.